The maximum atomic E-state index is 12.2. The molecule has 0 saturated carbocycles. The van der Waals surface area contributed by atoms with Crippen molar-refractivity contribution < 1.29 is 9.90 Å². The van der Waals surface area contributed by atoms with Crippen LogP contribution in [0.25, 0.3) is 0 Å². The first-order valence-corrected chi connectivity index (χ1v) is 6.13. The molecule has 0 bridgehead atoms. The number of ketones is 1. The average Bonchev–Trinajstić information content (AvgIpc) is 2.39. The number of carbonyl (C=O) groups excluding carboxylic acids is 1. The Hall–Kier alpha value is -1.61. The molecule has 17 heavy (non-hydrogen) atoms. The Morgan fingerprint density at radius 1 is 1.00 bits per heavy atom. The van der Waals surface area contributed by atoms with Gasteiger partial charge in [-0.3, -0.25) is 4.79 Å². The fraction of sp³-hybridized carbons (Fsp3) is 0.0714. The number of hydrogen-bond donors (Lipinski definition) is 1. The quantitative estimate of drug-likeness (QED) is 0.691. The number of phenols is 1. The second-order valence-corrected chi connectivity index (χ2v) is 4.57. The summed E-state index contributed by atoms with van der Waals surface area (Å²) in [5.41, 5.74) is 1.21. The van der Waals surface area contributed by atoms with Crippen LogP contribution in [0.5, 0.6) is 5.75 Å². The van der Waals surface area contributed by atoms with Crippen molar-refractivity contribution in [2.45, 2.75) is 4.83 Å². The molecule has 0 fully saturated rings. The van der Waals surface area contributed by atoms with Crippen LogP contribution < -0.4 is 0 Å². The van der Waals surface area contributed by atoms with Gasteiger partial charge < -0.3 is 5.11 Å². The third-order valence-corrected chi connectivity index (χ3v) is 3.44. The van der Waals surface area contributed by atoms with E-state index < -0.39 is 4.83 Å². The number of rotatable bonds is 3. The van der Waals surface area contributed by atoms with E-state index in [1.165, 1.54) is 6.07 Å². The Balaban J connectivity index is 2.30. The van der Waals surface area contributed by atoms with Crippen LogP contribution in [0.3, 0.4) is 0 Å². The van der Waals surface area contributed by atoms with Crippen LogP contribution in [0.15, 0.2) is 54.6 Å². The van der Waals surface area contributed by atoms with Gasteiger partial charge in [0.25, 0.3) is 0 Å². The number of para-hydroxylation sites is 1. The number of Topliss-reactive ketones (excluding diaryl/α,β-unsaturated/α-hetero) is 1. The highest BCUT2D eigenvalue weighted by molar-refractivity contribution is 9.09. The van der Waals surface area contributed by atoms with Crippen molar-refractivity contribution in [2.75, 3.05) is 0 Å². The molecule has 0 heterocycles. The van der Waals surface area contributed by atoms with Gasteiger partial charge in [-0.2, -0.15) is 0 Å². The number of aromatic hydroxyl groups is 1. The second-order valence-electron chi connectivity index (χ2n) is 3.65. The number of halogens is 1. The molecule has 86 valence electrons. The molecule has 1 N–H and O–H groups in total. The van der Waals surface area contributed by atoms with Crippen molar-refractivity contribution in [3.63, 3.8) is 0 Å². The second kappa shape index (κ2) is 5.15. The molecule has 0 spiro atoms. The van der Waals surface area contributed by atoms with Gasteiger partial charge in [-0.15, -0.1) is 0 Å². The summed E-state index contributed by atoms with van der Waals surface area (Å²) < 4.78 is 0. The van der Waals surface area contributed by atoms with E-state index in [1.54, 1.807) is 18.2 Å². The molecule has 0 amide bonds. The summed E-state index contributed by atoms with van der Waals surface area (Å²) in [4.78, 5) is 11.7. The summed E-state index contributed by atoms with van der Waals surface area (Å²) in [6.45, 7) is 0. The molecule has 0 saturated heterocycles. The first-order valence-electron chi connectivity index (χ1n) is 5.21. The molecule has 0 aliphatic rings. The number of hydrogen-bond acceptors (Lipinski definition) is 2. The molecule has 2 aromatic carbocycles. The van der Waals surface area contributed by atoms with Gasteiger partial charge >= 0.3 is 0 Å². The predicted molar refractivity (Wildman–Crippen MR) is 70.5 cm³/mol. The van der Waals surface area contributed by atoms with Gasteiger partial charge in [0.2, 0.25) is 0 Å². The van der Waals surface area contributed by atoms with Crippen LogP contribution in [-0.4, -0.2) is 10.9 Å². The normalized spacial score (nSPS) is 12.1. The van der Waals surface area contributed by atoms with Crippen molar-refractivity contribution >= 4 is 21.7 Å². The summed E-state index contributed by atoms with van der Waals surface area (Å²) >= 11 is 3.36. The third kappa shape index (κ3) is 2.56. The molecule has 0 radical (unpaired) electrons. The minimum Gasteiger partial charge on any atom is -0.507 e. The molecule has 1 atom stereocenters. The van der Waals surface area contributed by atoms with Gasteiger partial charge in [0.15, 0.2) is 5.78 Å². The lowest BCUT2D eigenvalue weighted by molar-refractivity contribution is 0.0989. The molecule has 2 aromatic rings. The van der Waals surface area contributed by atoms with Crippen molar-refractivity contribution in [1.29, 1.82) is 0 Å². The van der Waals surface area contributed by atoms with Crippen LogP contribution in [0, 0.1) is 0 Å². The maximum Gasteiger partial charge on any atom is 0.184 e. The number of phenolic OH excluding ortho intramolecular Hbond substituents is 1. The molecule has 0 aliphatic heterocycles. The molecule has 0 aromatic heterocycles. The van der Waals surface area contributed by atoms with Gasteiger partial charge in [0.1, 0.15) is 10.6 Å². The lowest BCUT2D eigenvalue weighted by Gasteiger charge is -2.10. The fourth-order valence-corrected chi connectivity index (χ4v) is 2.14. The zero-order valence-corrected chi connectivity index (χ0v) is 10.6. The van der Waals surface area contributed by atoms with Gasteiger partial charge in [0, 0.05) is 0 Å². The molecule has 2 nitrogen and oxygen atoms in total. The third-order valence-electron chi connectivity index (χ3n) is 2.49. The molecule has 1 unspecified atom stereocenters. The lowest BCUT2D eigenvalue weighted by Crippen LogP contribution is -2.07. The minimum absolute atomic E-state index is 0.0119. The maximum absolute atomic E-state index is 12.2. The first kappa shape index (κ1) is 11.9. The Morgan fingerprint density at radius 3 is 2.24 bits per heavy atom. The van der Waals surface area contributed by atoms with E-state index in [2.05, 4.69) is 15.9 Å². The van der Waals surface area contributed by atoms with Crippen LogP contribution in [-0.2, 0) is 0 Å². The molecular formula is C14H11BrO2. The molecule has 0 aliphatic carbocycles. The monoisotopic (exact) mass is 290 g/mol. The topological polar surface area (TPSA) is 37.3 Å². The lowest BCUT2D eigenvalue weighted by atomic mass is 10.0. The van der Waals surface area contributed by atoms with Gasteiger partial charge in [-0.25, -0.2) is 0 Å². The Labute approximate surface area is 108 Å². The van der Waals surface area contributed by atoms with E-state index in [4.69, 9.17) is 0 Å². The molecule has 2 rings (SSSR count). The van der Waals surface area contributed by atoms with Crippen LogP contribution >= 0.6 is 15.9 Å². The minimum atomic E-state index is -0.433. The van der Waals surface area contributed by atoms with Crippen LogP contribution in [0.1, 0.15) is 20.7 Å². The van der Waals surface area contributed by atoms with E-state index >= 15 is 0 Å². The van der Waals surface area contributed by atoms with Crippen molar-refractivity contribution in [2.24, 2.45) is 0 Å². The van der Waals surface area contributed by atoms with E-state index in [9.17, 15) is 9.90 Å². The van der Waals surface area contributed by atoms with E-state index in [1.807, 2.05) is 30.3 Å². The van der Waals surface area contributed by atoms with Gasteiger partial charge in [-0.05, 0) is 17.7 Å². The summed E-state index contributed by atoms with van der Waals surface area (Å²) in [6, 6.07) is 16.0. The Bertz CT molecular complexity index is 523. The number of alkyl halides is 1. The van der Waals surface area contributed by atoms with Gasteiger partial charge in [-0.1, -0.05) is 58.4 Å². The van der Waals surface area contributed by atoms with Crippen molar-refractivity contribution in [3.8, 4) is 5.75 Å². The standard InChI is InChI=1S/C14H11BrO2/c15-13(10-6-2-1-3-7-10)14(17)11-8-4-5-9-12(11)16/h1-9,13,16H. The first-order chi connectivity index (χ1) is 8.20. The number of benzene rings is 2. The predicted octanol–water partition coefficient (Wildman–Crippen LogP) is 3.71. The Kier molecular flexibility index (Phi) is 3.59. The van der Waals surface area contributed by atoms with E-state index in [-0.39, 0.29) is 11.5 Å². The summed E-state index contributed by atoms with van der Waals surface area (Å²) in [6.07, 6.45) is 0. The molecule has 3 heteroatoms. The zero-order valence-electron chi connectivity index (χ0n) is 9.01. The van der Waals surface area contributed by atoms with Crippen LogP contribution in [0.4, 0.5) is 0 Å². The van der Waals surface area contributed by atoms with Crippen molar-refractivity contribution in [1.82, 2.24) is 0 Å². The highest BCUT2D eigenvalue weighted by Crippen LogP contribution is 2.29. The summed E-state index contributed by atoms with van der Waals surface area (Å²) in [5.74, 6) is -0.132. The van der Waals surface area contributed by atoms with E-state index in [0.717, 1.165) is 5.56 Å². The smallest absolute Gasteiger partial charge is 0.184 e. The SMILES string of the molecule is O=C(c1ccccc1O)C(Br)c1ccccc1. The summed E-state index contributed by atoms with van der Waals surface area (Å²) in [7, 11) is 0. The molecular weight excluding hydrogens is 280 g/mol. The highest BCUT2D eigenvalue weighted by Gasteiger charge is 2.20. The average molecular weight is 291 g/mol. The zero-order chi connectivity index (χ0) is 12.3. The van der Waals surface area contributed by atoms with Crippen LogP contribution in [0.2, 0.25) is 0 Å². The summed E-state index contributed by atoms with van der Waals surface area (Å²) in [5, 5.41) is 9.64. The van der Waals surface area contributed by atoms with Gasteiger partial charge in [0.05, 0.1) is 5.56 Å². The number of carbonyl (C=O) groups is 1. The van der Waals surface area contributed by atoms with E-state index in [0.29, 0.717) is 5.56 Å². The highest BCUT2D eigenvalue weighted by atomic mass is 79.9. The van der Waals surface area contributed by atoms with Crippen molar-refractivity contribution in [3.05, 3.63) is 65.7 Å². The largest absolute Gasteiger partial charge is 0.507 e. The Morgan fingerprint density at radius 2 is 1.59 bits per heavy atom. The fourth-order valence-electron chi connectivity index (χ4n) is 1.59.